The van der Waals surface area contributed by atoms with Gasteiger partial charge >= 0.3 is 0 Å². The lowest BCUT2D eigenvalue weighted by molar-refractivity contribution is 0.636. The van der Waals surface area contributed by atoms with E-state index in [0.717, 1.165) is 5.69 Å². The third-order valence-corrected chi connectivity index (χ3v) is 2.40. The number of halogens is 1. The van der Waals surface area contributed by atoms with Crippen LogP contribution in [0.1, 0.15) is 18.5 Å². The van der Waals surface area contributed by atoms with E-state index in [1.54, 1.807) is 12.1 Å². The predicted octanol–water partition coefficient (Wildman–Crippen LogP) is 1.76. The maximum atomic E-state index is 13.5. The van der Waals surface area contributed by atoms with Crippen LogP contribution in [0, 0.1) is 5.82 Å². The first-order valence-corrected chi connectivity index (χ1v) is 4.56. The summed E-state index contributed by atoms with van der Waals surface area (Å²) < 4.78 is 13.5. The molecule has 1 aromatic heterocycles. The Balaban J connectivity index is 2.67. The molecule has 0 fully saturated rings. The van der Waals surface area contributed by atoms with Crippen molar-refractivity contribution in [2.75, 3.05) is 6.54 Å². The molecule has 1 aromatic carbocycles. The second-order valence-corrected chi connectivity index (χ2v) is 3.41. The van der Waals surface area contributed by atoms with Crippen LogP contribution in [0.4, 0.5) is 4.39 Å². The first-order valence-electron chi connectivity index (χ1n) is 4.56. The molecule has 0 aliphatic rings. The van der Waals surface area contributed by atoms with Crippen LogP contribution in [0.2, 0.25) is 0 Å². The molecule has 0 radical (unpaired) electrons. The highest BCUT2D eigenvalue weighted by Gasteiger charge is 2.14. The third-order valence-electron chi connectivity index (χ3n) is 2.40. The molecule has 2 aromatic rings. The second kappa shape index (κ2) is 3.38. The molecule has 14 heavy (non-hydrogen) atoms. The summed E-state index contributed by atoms with van der Waals surface area (Å²) in [4.78, 5) is 0. The number of H-pyrrole nitrogens is 1. The first kappa shape index (κ1) is 9.15. The maximum Gasteiger partial charge on any atom is 0.134 e. The number of nitrogens with one attached hydrogen (secondary N) is 1. The third kappa shape index (κ3) is 1.28. The van der Waals surface area contributed by atoms with Gasteiger partial charge in [0.2, 0.25) is 0 Å². The molecule has 1 atom stereocenters. The van der Waals surface area contributed by atoms with Gasteiger partial charge in [0.25, 0.3) is 0 Å². The zero-order valence-corrected chi connectivity index (χ0v) is 7.92. The van der Waals surface area contributed by atoms with E-state index in [4.69, 9.17) is 5.73 Å². The van der Waals surface area contributed by atoms with Gasteiger partial charge in [-0.15, -0.1) is 0 Å². The zero-order valence-electron chi connectivity index (χ0n) is 7.92. The van der Waals surface area contributed by atoms with E-state index in [9.17, 15) is 4.39 Å². The first-order chi connectivity index (χ1) is 6.74. The molecular weight excluding hydrogens is 181 g/mol. The standard InChI is InChI=1S/C10H12FN3/c1-6(5-12)10-9-7(11)3-2-4-8(9)13-14-10/h2-4,6H,5,12H2,1H3,(H,13,14). The summed E-state index contributed by atoms with van der Waals surface area (Å²) in [5.74, 6) is -0.150. The number of rotatable bonds is 2. The summed E-state index contributed by atoms with van der Waals surface area (Å²) in [6.07, 6.45) is 0. The van der Waals surface area contributed by atoms with Gasteiger partial charge < -0.3 is 5.73 Å². The van der Waals surface area contributed by atoms with Crippen molar-refractivity contribution in [3.05, 3.63) is 29.7 Å². The highest BCUT2D eigenvalue weighted by atomic mass is 19.1. The van der Waals surface area contributed by atoms with Gasteiger partial charge in [-0.1, -0.05) is 13.0 Å². The number of nitrogens with zero attached hydrogens (tertiary/aromatic N) is 1. The Morgan fingerprint density at radius 1 is 1.57 bits per heavy atom. The Labute approximate surface area is 81.1 Å². The van der Waals surface area contributed by atoms with Crippen LogP contribution in [0.5, 0.6) is 0 Å². The Bertz CT molecular complexity index is 450. The molecule has 2 rings (SSSR count). The molecule has 74 valence electrons. The number of aromatic nitrogens is 2. The van der Waals surface area contributed by atoms with Crippen molar-refractivity contribution in [1.29, 1.82) is 0 Å². The van der Waals surface area contributed by atoms with Crippen molar-refractivity contribution in [1.82, 2.24) is 10.2 Å². The largest absolute Gasteiger partial charge is 0.330 e. The Morgan fingerprint density at radius 3 is 3.07 bits per heavy atom. The summed E-state index contributed by atoms with van der Waals surface area (Å²) in [5.41, 5.74) is 6.97. The molecule has 3 N–H and O–H groups in total. The number of hydrogen-bond donors (Lipinski definition) is 2. The summed E-state index contributed by atoms with van der Waals surface area (Å²) in [6.45, 7) is 2.42. The number of hydrogen-bond acceptors (Lipinski definition) is 2. The van der Waals surface area contributed by atoms with Crippen molar-refractivity contribution < 1.29 is 4.39 Å². The van der Waals surface area contributed by atoms with Crippen LogP contribution >= 0.6 is 0 Å². The van der Waals surface area contributed by atoms with E-state index in [0.29, 0.717) is 17.4 Å². The van der Waals surface area contributed by atoms with Crippen LogP contribution in [0.25, 0.3) is 10.9 Å². The van der Waals surface area contributed by atoms with Gasteiger partial charge in [-0.05, 0) is 12.1 Å². The van der Waals surface area contributed by atoms with E-state index >= 15 is 0 Å². The topological polar surface area (TPSA) is 54.7 Å². The molecule has 0 aliphatic carbocycles. The van der Waals surface area contributed by atoms with Crippen molar-refractivity contribution in [3.63, 3.8) is 0 Å². The minimum atomic E-state index is -0.244. The van der Waals surface area contributed by atoms with Gasteiger partial charge in [-0.3, -0.25) is 5.10 Å². The average molecular weight is 193 g/mol. The highest BCUT2D eigenvalue weighted by Crippen LogP contribution is 2.24. The Hall–Kier alpha value is -1.42. The Morgan fingerprint density at radius 2 is 2.36 bits per heavy atom. The number of fused-ring (bicyclic) bond motifs is 1. The van der Waals surface area contributed by atoms with Gasteiger partial charge in [0.05, 0.1) is 16.6 Å². The van der Waals surface area contributed by atoms with E-state index in [1.807, 2.05) is 6.92 Å². The van der Waals surface area contributed by atoms with Crippen LogP contribution in [-0.2, 0) is 0 Å². The van der Waals surface area contributed by atoms with E-state index in [1.165, 1.54) is 6.07 Å². The number of nitrogens with two attached hydrogens (primary N) is 1. The van der Waals surface area contributed by atoms with Crippen molar-refractivity contribution in [3.8, 4) is 0 Å². The summed E-state index contributed by atoms with van der Waals surface area (Å²) in [7, 11) is 0. The van der Waals surface area contributed by atoms with Crippen molar-refractivity contribution in [2.24, 2.45) is 5.73 Å². The van der Waals surface area contributed by atoms with E-state index in [-0.39, 0.29) is 11.7 Å². The smallest absolute Gasteiger partial charge is 0.134 e. The lowest BCUT2D eigenvalue weighted by Crippen LogP contribution is -2.09. The van der Waals surface area contributed by atoms with Gasteiger partial charge in [0, 0.05) is 12.5 Å². The molecule has 0 saturated carbocycles. The van der Waals surface area contributed by atoms with Crippen LogP contribution in [-0.4, -0.2) is 16.7 Å². The summed E-state index contributed by atoms with van der Waals surface area (Å²) in [6, 6.07) is 4.86. The lowest BCUT2D eigenvalue weighted by Gasteiger charge is -2.05. The molecule has 3 nitrogen and oxygen atoms in total. The van der Waals surface area contributed by atoms with Gasteiger partial charge in [0.1, 0.15) is 5.82 Å². The fraction of sp³-hybridized carbons (Fsp3) is 0.300. The lowest BCUT2D eigenvalue weighted by atomic mass is 10.0. The Kier molecular flexibility index (Phi) is 2.21. The van der Waals surface area contributed by atoms with Gasteiger partial charge in [0.15, 0.2) is 0 Å². The molecule has 0 saturated heterocycles. The zero-order chi connectivity index (χ0) is 10.1. The molecule has 4 heteroatoms. The monoisotopic (exact) mass is 193 g/mol. The second-order valence-electron chi connectivity index (χ2n) is 3.41. The fourth-order valence-corrected chi connectivity index (χ4v) is 1.52. The van der Waals surface area contributed by atoms with Crippen LogP contribution in [0.3, 0.4) is 0 Å². The average Bonchev–Trinajstić information content (AvgIpc) is 2.62. The summed E-state index contributed by atoms with van der Waals surface area (Å²) in [5, 5.41) is 7.42. The van der Waals surface area contributed by atoms with Gasteiger partial charge in [-0.25, -0.2) is 4.39 Å². The molecule has 1 heterocycles. The minimum absolute atomic E-state index is 0.0944. The van der Waals surface area contributed by atoms with E-state index in [2.05, 4.69) is 10.2 Å². The van der Waals surface area contributed by atoms with Gasteiger partial charge in [-0.2, -0.15) is 5.10 Å². The maximum absolute atomic E-state index is 13.5. The normalized spacial score (nSPS) is 13.4. The molecule has 0 amide bonds. The molecule has 0 bridgehead atoms. The SMILES string of the molecule is CC(CN)c1[nH]nc2cccc(F)c12. The van der Waals surface area contributed by atoms with Crippen molar-refractivity contribution in [2.45, 2.75) is 12.8 Å². The minimum Gasteiger partial charge on any atom is -0.330 e. The summed E-state index contributed by atoms with van der Waals surface area (Å²) >= 11 is 0. The predicted molar refractivity (Wildman–Crippen MR) is 53.5 cm³/mol. The molecule has 0 spiro atoms. The van der Waals surface area contributed by atoms with Crippen LogP contribution < -0.4 is 5.73 Å². The number of benzene rings is 1. The molecular formula is C10H12FN3. The molecule has 0 aliphatic heterocycles. The fourth-order valence-electron chi connectivity index (χ4n) is 1.52. The molecule has 1 unspecified atom stereocenters. The highest BCUT2D eigenvalue weighted by molar-refractivity contribution is 5.82. The quantitative estimate of drug-likeness (QED) is 0.763. The van der Waals surface area contributed by atoms with Crippen LogP contribution in [0.15, 0.2) is 18.2 Å². The van der Waals surface area contributed by atoms with E-state index < -0.39 is 0 Å². The van der Waals surface area contributed by atoms with Crippen molar-refractivity contribution >= 4 is 10.9 Å². The number of aromatic amines is 1.